The highest BCUT2D eigenvalue weighted by molar-refractivity contribution is 5.95. The Hall–Kier alpha value is -1.41. The number of hydrogen-bond donors (Lipinski definition) is 4. The normalized spacial score (nSPS) is 44.9. The molecule has 0 aliphatic heterocycles. The summed E-state index contributed by atoms with van der Waals surface area (Å²) >= 11 is 0. The Morgan fingerprint density at radius 2 is 1.62 bits per heavy atom. The number of allylic oxidation sites excluding steroid dienone is 2. The highest BCUT2D eigenvalue weighted by Gasteiger charge is 2.74. The molecule has 9 atom stereocenters. The largest absolute Gasteiger partial charge is 0.393 e. The molecule has 4 rings (SSSR count). The molecule has 4 aliphatic rings. The first kappa shape index (κ1) is 28.6. The van der Waals surface area contributed by atoms with Gasteiger partial charge in [-0.05, 0) is 83.0 Å². The van der Waals surface area contributed by atoms with Crippen LogP contribution in [-0.4, -0.2) is 61.2 Å². The van der Waals surface area contributed by atoms with Crippen molar-refractivity contribution in [3.8, 4) is 0 Å². The fourth-order valence-corrected chi connectivity index (χ4v) is 9.24. The Morgan fingerprint density at radius 3 is 2.19 bits per heavy atom. The van der Waals surface area contributed by atoms with E-state index in [2.05, 4.69) is 13.0 Å². The minimum atomic E-state index is -1.86. The summed E-state index contributed by atoms with van der Waals surface area (Å²) in [5, 5.41) is 43.9. The van der Waals surface area contributed by atoms with Crippen molar-refractivity contribution in [3.05, 3.63) is 11.6 Å². The van der Waals surface area contributed by atoms with Gasteiger partial charge in [0.2, 0.25) is 0 Å². The first-order chi connectivity index (χ1) is 16.7. The summed E-state index contributed by atoms with van der Waals surface area (Å²) in [4.78, 5) is 40.4. The van der Waals surface area contributed by atoms with Crippen molar-refractivity contribution in [3.63, 3.8) is 0 Å². The molecule has 0 saturated heterocycles. The van der Waals surface area contributed by atoms with Gasteiger partial charge in [-0.3, -0.25) is 14.4 Å². The molecular formula is C30H46O7. The zero-order valence-electron chi connectivity index (χ0n) is 23.7. The number of aliphatic hydroxyl groups is 4. The molecule has 7 nitrogen and oxygen atoms in total. The van der Waals surface area contributed by atoms with Crippen LogP contribution in [-0.2, 0) is 14.4 Å². The minimum Gasteiger partial charge on any atom is -0.393 e. The van der Waals surface area contributed by atoms with Crippen LogP contribution in [0.25, 0.3) is 0 Å². The molecule has 0 amide bonds. The summed E-state index contributed by atoms with van der Waals surface area (Å²) in [7, 11) is 0. The predicted octanol–water partition coefficient (Wildman–Crippen LogP) is 3.15. The molecule has 0 aromatic rings. The molecule has 4 aliphatic carbocycles. The fourth-order valence-electron chi connectivity index (χ4n) is 9.24. The van der Waals surface area contributed by atoms with Gasteiger partial charge >= 0.3 is 0 Å². The lowest BCUT2D eigenvalue weighted by Crippen LogP contribution is -2.65. The van der Waals surface area contributed by atoms with Crippen molar-refractivity contribution in [1.82, 2.24) is 0 Å². The van der Waals surface area contributed by atoms with Gasteiger partial charge in [0.25, 0.3) is 0 Å². The van der Waals surface area contributed by atoms with Crippen LogP contribution < -0.4 is 0 Å². The number of hydrogen-bond acceptors (Lipinski definition) is 7. The molecule has 7 heteroatoms. The fraction of sp³-hybridized carbons (Fsp3) is 0.833. The van der Waals surface area contributed by atoms with Gasteiger partial charge in [-0.1, -0.05) is 32.4 Å². The summed E-state index contributed by atoms with van der Waals surface area (Å²) in [6.07, 6.45) is 1.33. The van der Waals surface area contributed by atoms with Crippen LogP contribution in [0.1, 0.15) is 93.9 Å². The zero-order chi connectivity index (χ0) is 28.1. The Bertz CT molecular complexity index is 1050. The third-order valence-electron chi connectivity index (χ3n) is 11.5. The second kappa shape index (κ2) is 8.30. The predicted molar refractivity (Wildman–Crippen MR) is 138 cm³/mol. The van der Waals surface area contributed by atoms with E-state index in [1.807, 2.05) is 27.7 Å². The monoisotopic (exact) mass is 518 g/mol. The highest BCUT2D eigenvalue weighted by atomic mass is 16.3. The number of fused-ring (bicyclic) bond motifs is 5. The first-order valence-electron chi connectivity index (χ1n) is 13.8. The number of carbonyl (C=O) groups is 3. The maximum absolute atomic E-state index is 14.2. The van der Waals surface area contributed by atoms with E-state index in [9.17, 15) is 34.8 Å². The van der Waals surface area contributed by atoms with Crippen molar-refractivity contribution in [2.75, 3.05) is 0 Å². The van der Waals surface area contributed by atoms with E-state index < -0.39 is 56.8 Å². The Kier molecular flexibility index (Phi) is 6.41. The molecule has 0 heterocycles. The quantitative estimate of drug-likeness (QED) is 0.411. The number of Topliss-reactive ketones (excluding diaryl/α,β-unsaturated/α-hetero) is 3. The van der Waals surface area contributed by atoms with E-state index in [1.54, 1.807) is 13.8 Å². The SMILES string of the molecule is CC(C)(O)CCC(=O)[C@](C)(O)[C@@H]1[C@H](O)C[C@]2(C)[C@@H]3CC=C4[C@H](C[C@H](O)C(=O)C4(C)C)[C@]3(C)C(=O)C[C@]12C. The van der Waals surface area contributed by atoms with Crippen molar-refractivity contribution in [1.29, 1.82) is 0 Å². The average molecular weight is 519 g/mol. The first-order valence-corrected chi connectivity index (χ1v) is 13.8. The Labute approximate surface area is 220 Å². The standard InChI is InChI=1S/C30H46O7/c1-25(2,36)12-11-21(33)30(8,37)23-19(32)14-27(5)20-10-9-16-17(13-18(31)24(35)26(16,3)4)29(20,7)22(34)15-28(23,27)6/h9,17-20,23,31-32,36-37H,10-15H2,1-8H3/t17-,18-,19+,20-,23+,27+,28+,29-,30-/m0/s1. The lowest BCUT2D eigenvalue weighted by Gasteiger charge is -2.64. The molecule has 0 radical (unpaired) electrons. The number of aliphatic hydroxyl groups excluding tert-OH is 2. The van der Waals surface area contributed by atoms with Gasteiger partial charge < -0.3 is 20.4 Å². The van der Waals surface area contributed by atoms with E-state index in [1.165, 1.54) is 6.92 Å². The van der Waals surface area contributed by atoms with Gasteiger partial charge in [0.15, 0.2) is 11.6 Å². The van der Waals surface area contributed by atoms with Gasteiger partial charge in [0, 0.05) is 29.6 Å². The van der Waals surface area contributed by atoms with Crippen LogP contribution in [0.4, 0.5) is 0 Å². The third kappa shape index (κ3) is 3.78. The summed E-state index contributed by atoms with van der Waals surface area (Å²) in [5.41, 5.74) is -5.10. The average Bonchev–Trinajstić information content (AvgIpc) is 2.96. The van der Waals surface area contributed by atoms with Gasteiger partial charge in [0.05, 0.1) is 11.7 Å². The lowest BCUT2D eigenvalue weighted by molar-refractivity contribution is -0.185. The van der Waals surface area contributed by atoms with Crippen LogP contribution in [0.5, 0.6) is 0 Å². The lowest BCUT2D eigenvalue weighted by atomic mass is 9.38. The summed E-state index contributed by atoms with van der Waals surface area (Å²) in [6, 6.07) is 0. The molecule has 0 unspecified atom stereocenters. The van der Waals surface area contributed by atoms with Gasteiger partial charge in [-0.2, -0.15) is 0 Å². The van der Waals surface area contributed by atoms with Crippen LogP contribution in [0.15, 0.2) is 11.6 Å². The van der Waals surface area contributed by atoms with Crippen molar-refractivity contribution >= 4 is 17.3 Å². The van der Waals surface area contributed by atoms with E-state index in [4.69, 9.17) is 0 Å². The van der Waals surface area contributed by atoms with Crippen molar-refractivity contribution < 1.29 is 34.8 Å². The van der Waals surface area contributed by atoms with Crippen molar-refractivity contribution in [2.24, 2.45) is 39.4 Å². The zero-order valence-corrected chi connectivity index (χ0v) is 23.7. The molecular weight excluding hydrogens is 472 g/mol. The minimum absolute atomic E-state index is 0.00395. The molecule has 0 aromatic carbocycles. The number of carbonyl (C=O) groups excluding carboxylic acids is 3. The molecule has 3 fully saturated rings. The van der Waals surface area contributed by atoms with Crippen LogP contribution in [0, 0.1) is 39.4 Å². The maximum Gasteiger partial charge on any atom is 0.170 e. The highest BCUT2D eigenvalue weighted by Crippen LogP contribution is 2.74. The smallest absolute Gasteiger partial charge is 0.170 e. The van der Waals surface area contributed by atoms with Gasteiger partial charge in [-0.15, -0.1) is 0 Å². The van der Waals surface area contributed by atoms with Crippen LogP contribution >= 0.6 is 0 Å². The molecule has 4 N–H and O–H groups in total. The van der Waals surface area contributed by atoms with E-state index in [-0.39, 0.29) is 49.1 Å². The topological polar surface area (TPSA) is 132 Å². The van der Waals surface area contributed by atoms with Gasteiger partial charge in [0.1, 0.15) is 17.5 Å². The van der Waals surface area contributed by atoms with E-state index in [0.29, 0.717) is 12.8 Å². The Morgan fingerprint density at radius 1 is 1.03 bits per heavy atom. The van der Waals surface area contributed by atoms with Crippen LogP contribution in [0.3, 0.4) is 0 Å². The summed E-state index contributed by atoms with van der Waals surface area (Å²) < 4.78 is 0. The van der Waals surface area contributed by atoms with Crippen LogP contribution in [0.2, 0.25) is 0 Å². The summed E-state index contributed by atoms with van der Waals surface area (Å²) in [6.45, 7) is 14.3. The van der Waals surface area contributed by atoms with E-state index in [0.717, 1.165) is 5.57 Å². The molecule has 0 spiro atoms. The molecule has 0 bridgehead atoms. The molecule has 208 valence electrons. The maximum atomic E-state index is 14.2. The molecule has 37 heavy (non-hydrogen) atoms. The third-order valence-corrected chi connectivity index (χ3v) is 11.5. The van der Waals surface area contributed by atoms with Crippen molar-refractivity contribution in [2.45, 2.75) is 117 Å². The number of ketones is 3. The second-order valence-electron chi connectivity index (χ2n) is 14.6. The number of rotatable bonds is 5. The second-order valence-corrected chi connectivity index (χ2v) is 14.6. The van der Waals surface area contributed by atoms with Gasteiger partial charge in [-0.25, -0.2) is 0 Å². The Balaban J connectivity index is 1.77. The molecule has 3 saturated carbocycles. The summed E-state index contributed by atoms with van der Waals surface area (Å²) in [5.74, 6) is -1.96. The molecule has 0 aromatic heterocycles. The van der Waals surface area contributed by atoms with E-state index >= 15 is 0 Å².